The molecule has 1 aromatic carbocycles. The van der Waals surface area contributed by atoms with Crippen molar-refractivity contribution in [3.63, 3.8) is 0 Å². The second-order valence-corrected chi connectivity index (χ2v) is 6.12. The van der Waals surface area contributed by atoms with E-state index in [0.29, 0.717) is 18.8 Å². The average Bonchev–Trinajstić information content (AvgIpc) is 2.40. The third-order valence-electron chi connectivity index (χ3n) is 3.03. The van der Waals surface area contributed by atoms with E-state index in [4.69, 9.17) is 5.11 Å². The van der Waals surface area contributed by atoms with E-state index >= 15 is 0 Å². The minimum Gasteiger partial charge on any atom is -0.478 e. The minimum absolute atomic E-state index is 0.126. The van der Waals surface area contributed by atoms with Gasteiger partial charge in [0, 0.05) is 18.8 Å². The standard InChI is InChI=1S/C12H16N2O4S/c15-12(16)10-4-6-11(7-5-10)13-19(17,18)14-8-2-1-3-9-14/h4-7,13H,1-3,8-9H2,(H,15,16). The SMILES string of the molecule is O=C(O)c1ccc(NS(=O)(=O)N2CCCCC2)cc1. The molecule has 7 heteroatoms. The number of benzene rings is 1. The number of rotatable bonds is 4. The smallest absolute Gasteiger partial charge is 0.335 e. The normalized spacial score (nSPS) is 17.1. The summed E-state index contributed by atoms with van der Waals surface area (Å²) in [4.78, 5) is 10.7. The maximum Gasteiger partial charge on any atom is 0.335 e. The highest BCUT2D eigenvalue weighted by Crippen LogP contribution is 2.17. The van der Waals surface area contributed by atoms with Crippen LogP contribution in [0.2, 0.25) is 0 Å². The van der Waals surface area contributed by atoms with Gasteiger partial charge in [-0.3, -0.25) is 4.72 Å². The molecule has 1 heterocycles. The maximum absolute atomic E-state index is 12.1. The van der Waals surface area contributed by atoms with Gasteiger partial charge in [0.05, 0.1) is 5.56 Å². The van der Waals surface area contributed by atoms with Crippen molar-refractivity contribution in [2.24, 2.45) is 0 Å². The van der Waals surface area contributed by atoms with Crippen LogP contribution in [0.15, 0.2) is 24.3 Å². The molecule has 2 N–H and O–H groups in total. The third-order valence-corrected chi connectivity index (χ3v) is 4.57. The predicted molar refractivity (Wildman–Crippen MR) is 71.4 cm³/mol. The number of nitrogens with zero attached hydrogens (tertiary/aromatic N) is 1. The lowest BCUT2D eigenvalue weighted by molar-refractivity contribution is 0.0697. The summed E-state index contributed by atoms with van der Waals surface area (Å²) in [6.45, 7) is 1.06. The van der Waals surface area contributed by atoms with Gasteiger partial charge in [-0.1, -0.05) is 6.42 Å². The van der Waals surface area contributed by atoms with Crippen molar-refractivity contribution < 1.29 is 18.3 Å². The zero-order valence-electron chi connectivity index (χ0n) is 10.4. The zero-order chi connectivity index (χ0) is 13.9. The summed E-state index contributed by atoms with van der Waals surface area (Å²) in [7, 11) is -3.53. The van der Waals surface area contributed by atoms with Gasteiger partial charge >= 0.3 is 16.2 Å². The van der Waals surface area contributed by atoms with Crippen molar-refractivity contribution >= 4 is 21.9 Å². The lowest BCUT2D eigenvalue weighted by Crippen LogP contribution is -2.39. The van der Waals surface area contributed by atoms with E-state index in [9.17, 15) is 13.2 Å². The van der Waals surface area contributed by atoms with Crippen molar-refractivity contribution in [3.8, 4) is 0 Å². The molecule has 1 aliphatic rings. The van der Waals surface area contributed by atoms with E-state index in [1.54, 1.807) is 0 Å². The van der Waals surface area contributed by atoms with Crippen molar-refractivity contribution in [3.05, 3.63) is 29.8 Å². The van der Waals surface area contributed by atoms with Gasteiger partial charge in [0.2, 0.25) is 0 Å². The molecule has 2 rings (SSSR count). The van der Waals surface area contributed by atoms with Gasteiger partial charge in [-0.05, 0) is 37.1 Å². The Balaban J connectivity index is 2.09. The van der Waals surface area contributed by atoms with Gasteiger partial charge in [0.25, 0.3) is 0 Å². The predicted octanol–water partition coefficient (Wildman–Crippen LogP) is 1.53. The minimum atomic E-state index is -3.53. The molecule has 0 atom stereocenters. The van der Waals surface area contributed by atoms with E-state index in [2.05, 4.69) is 4.72 Å². The van der Waals surface area contributed by atoms with Crippen LogP contribution in [-0.2, 0) is 10.2 Å². The first kappa shape index (κ1) is 13.8. The summed E-state index contributed by atoms with van der Waals surface area (Å²) in [5, 5.41) is 8.77. The summed E-state index contributed by atoms with van der Waals surface area (Å²) in [6.07, 6.45) is 2.80. The Labute approximate surface area is 112 Å². The first-order valence-corrected chi connectivity index (χ1v) is 7.54. The summed E-state index contributed by atoms with van der Waals surface area (Å²) >= 11 is 0. The van der Waals surface area contributed by atoms with Crippen LogP contribution in [0, 0.1) is 0 Å². The van der Waals surface area contributed by atoms with Crippen LogP contribution in [0.25, 0.3) is 0 Å². The maximum atomic E-state index is 12.1. The van der Waals surface area contributed by atoms with Gasteiger partial charge in [0.1, 0.15) is 0 Å². The second-order valence-electron chi connectivity index (χ2n) is 4.45. The van der Waals surface area contributed by atoms with Crippen LogP contribution in [0.5, 0.6) is 0 Å². The van der Waals surface area contributed by atoms with E-state index in [1.165, 1.54) is 28.6 Å². The number of carboxylic acids is 1. The molecular weight excluding hydrogens is 268 g/mol. The first-order chi connectivity index (χ1) is 8.99. The molecule has 0 radical (unpaired) electrons. The van der Waals surface area contributed by atoms with Crippen LogP contribution in [0.1, 0.15) is 29.6 Å². The van der Waals surface area contributed by atoms with E-state index in [-0.39, 0.29) is 5.56 Å². The molecule has 1 saturated heterocycles. The van der Waals surface area contributed by atoms with E-state index < -0.39 is 16.2 Å². The quantitative estimate of drug-likeness (QED) is 0.877. The van der Waals surface area contributed by atoms with E-state index in [0.717, 1.165) is 19.3 Å². The monoisotopic (exact) mass is 284 g/mol. The molecule has 6 nitrogen and oxygen atoms in total. The molecule has 0 aromatic heterocycles. The fourth-order valence-corrected chi connectivity index (χ4v) is 3.30. The molecular formula is C12H16N2O4S. The Morgan fingerprint density at radius 3 is 2.21 bits per heavy atom. The molecule has 19 heavy (non-hydrogen) atoms. The lowest BCUT2D eigenvalue weighted by Gasteiger charge is -2.26. The van der Waals surface area contributed by atoms with Gasteiger partial charge < -0.3 is 5.11 Å². The number of aromatic carboxylic acids is 1. The van der Waals surface area contributed by atoms with Crippen LogP contribution >= 0.6 is 0 Å². The molecule has 0 bridgehead atoms. The molecule has 1 aliphatic heterocycles. The number of hydrogen-bond acceptors (Lipinski definition) is 3. The molecule has 104 valence electrons. The highest BCUT2D eigenvalue weighted by molar-refractivity contribution is 7.90. The fourth-order valence-electron chi connectivity index (χ4n) is 2.00. The largest absolute Gasteiger partial charge is 0.478 e. The van der Waals surface area contributed by atoms with Crippen molar-refractivity contribution in [2.45, 2.75) is 19.3 Å². The van der Waals surface area contributed by atoms with Gasteiger partial charge in [-0.25, -0.2) is 4.79 Å². The Morgan fingerprint density at radius 1 is 1.11 bits per heavy atom. The summed E-state index contributed by atoms with van der Waals surface area (Å²) < 4.78 is 28.0. The van der Waals surface area contributed by atoms with Gasteiger partial charge in [0.15, 0.2) is 0 Å². The highest BCUT2D eigenvalue weighted by Gasteiger charge is 2.23. The Kier molecular flexibility index (Phi) is 4.06. The number of carboxylic acid groups (broad SMARTS) is 1. The first-order valence-electron chi connectivity index (χ1n) is 6.10. The molecule has 0 spiro atoms. The van der Waals surface area contributed by atoms with E-state index in [1.807, 2.05) is 0 Å². The number of anilines is 1. The number of carbonyl (C=O) groups is 1. The summed E-state index contributed by atoms with van der Waals surface area (Å²) in [5.74, 6) is -1.04. The lowest BCUT2D eigenvalue weighted by atomic mass is 10.2. The second kappa shape index (κ2) is 5.58. The number of hydrogen-bond donors (Lipinski definition) is 2. The van der Waals surface area contributed by atoms with Crippen molar-refractivity contribution in [1.82, 2.24) is 4.31 Å². The summed E-state index contributed by atoms with van der Waals surface area (Å²) in [5.41, 5.74) is 0.497. The van der Waals surface area contributed by atoms with Crippen molar-refractivity contribution in [1.29, 1.82) is 0 Å². The van der Waals surface area contributed by atoms with Gasteiger partial charge in [-0.15, -0.1) is 0 Å². The Morgan fingerprint density at radius 2 is 1.68 bits per heavy atom. The molecule has 0 amide bonds. The van der Waals surface area contributed by atoms with Crippen LogP contribution in [-0.4, -0.2) is 36.9 Å². The molecule has 1 fully saturated rings. The molecule has 0 unspecified atom stereocenters. The average molecular weight is 284 g/mol. The highest BCUT2D eigenvalue weighted by atomic mass is 32.2. The number of piperidine rings is 1. The topological polar surface area (TPSA) is 86.7 Å². The third kappa shape index (κ3) is 3.45. The Hall–Kier alpha value is -1.60. The van der Waals surface area contributed by atoms with Crippen LogP contribution in [0.4, 0.5) is 5.69 Å². The van der Waals surface area contributed by atoms with Crippen LogP contribution < -0.4 is 4.72 Å². The van der Waals surface area contributed by atoms with Gasteiger partial charge in [-0.2, -0.15) is 12.7 Å². The van der Waals surface area contributed by atoms with Crippen LogP contribution in [0.3, 0.4) is 0 Å². The number of nitrogens with one attached hydrogen (secondary N) is 1. The molecule has 0 saturated carbocycles. The molecule has 1 aromatic rings. The zero-order valence-corrected chi connectivity index (χ0v) is 11.2. The fraction of sp³-hybridized carbons (Fsp3) is 0.417. The van der Waals surface area contributed by atoms with Crippen molar-refractivity contribution in [2.75, 3.05) is 17.8 Å². The molecule has 0 aliphatic carbocycles. The summed E-state index contributed by atoms with van der Waals surface area (Å²) in [6, 6.07) is 5.64. The Bertz CT molecular complexity index is 548.